The SMILES string of the molecule is Nc1ncnc2c1c(-c1ccc(C(=O)Nc3cc(C(F)(F)F)ccn3)cc1)nn2[C@H]1CCCC2NNCC21. The Morgan fingerprint density at radius 1 is 1.11 bits per heavy atom. The zero-order valence-electron chi connectivity index (χ0n) is 20.0. The molecule has 4 aromatic rings. The molecule has 1 saturated heterocycles. The lowest BCUT2D eigenvalue weighted by molar-refractivity contribution is -0.137. The molecule has 4 heterocycles. The lowest BCUT2D eigenvalue weighted by Crippen LogP contribution is -2.38. The van der Waals surface area contributed by atoms with Crippen molar-refractivity contribution in [2.45, 2.75) is 37.5 Å². The van der Waals surface area contributed by atoms with Gasteiger partial charge in [0.25, 0.3) is 5.91 Å². The van der Waals surface area contributed by atoms with Gasteiger partial charge < -0.3 is 11.1 Å². The van der Waals surface area contributed by atoms with Crippen LogP contribution >= 0.6 is 0 Å². The molecule has 2 fully saturated rings. The summed E-state index contributed by atoms with van der Waals surface area (Å²) in [5.74, 6) is -0.114. The molecule has 0 radical (unpaired) electrons. The highest BCUT2D eigenvalue weighted by molar-refractivity contribution is 6.04. The van der Waals surface area contributed by atoms with E-state index < -0.39 is 17.6 Å². The van der Waals surface area contributed by atoms with Gasteiger partial charge in [0.1, 0.15) is 23.7 Å². The van der Waals surface area contributed by atoms with Crippen LogP contribution in [0.25, 0.3) is 22.3 Å². The minimum Gasteiger partial charge on any atom is -0.383 e. The summed E-state index contributed by atoms with van der Waals surface area (Å²) in [7, 11) is 0. The quantitative estimate of drug-likeness (QED) is 0.319. The topological polar surface area (TPSA) is 136 Å². The number of anilines is 2. The zero-order valence-corrected chi connectivity index (χ0v) is 20.0. The fourth-order valence-corrected chi connectivity index (χ4v) is 5.38. The lowest BCUT2D eigenvalue weighted by atomic mass is 9.82. The van der Waals surface area contributed by atoms with Crippen molar-refractivity contribution in [2.24, 2.45) is 5.92 Å². The van der Waals surface area contributed by atoms with E-state index in [2.05, 4.69) is 31.1 Å². The molecule has 10 nitrogen and oxygen atoms in total. The van der Waals surface area contributed by atoms with E-state index in [9.17, 15) is 18.0 Å². The Balaban J connectivity index is 1.30. The lowest BCUT2D eigenvalue weighted by Gasteiger charge is -2.32. The average Bonchev–Trinajstić information content (AvgIpc) is 3.54. The first-order chi connectivity index (χ1) is 18.3. The van der Waals surface area contributed by atoms with Crippen molar-refractivity contribution < 1.29 is 18.0 Å². The Hall–Kier alpha value is -4.10. The van der Waals surface area contributed by atoms with Crippen molar-refractivity contribution in [2.75, 3.05) is 17.6 Å². The minimum absolute atomic E-state index is 0.131. The second-order valence-corrected chi connectivity index (χ2v) is 9.50. The fourth-order valence-electron chi connectivity index (χ4n) is 5.38. The summed E-state index contributed by atoms with van der Waals surface area (Å²) < 4.78 is 40.9. The normalized spacial score (nSPS) is 21.4. The van der Waals surface area contributed by atoms with E-state index in [0.717, 1.165) is 44.1 Å². The van der Waals surface area contributed by atoms with Crippen LogP contribution in [0.2, 0.25) is 0 Å². The number of hydrazine groups is 1. The molecule has 38 heavy (non-hydrogen) atoms. The maximum Gasteiger partial charge on any atom is 0.416 e. The zero-order chi connectivity index (χ0) is 26.4. The molecule has 1 saturated carbocycles. The number of nitrogens with zero attached hydrogens (tertiary/aromatic N) is 5. The van der Waals surface area contributed by atoms with Gasteiger partial charge in [0.15, 0.2) is 5.65 Å². The molecule has 3 atom stereocenters. The molecule has 1 aliphatic carbocycles. The number of alkyl halides is 3. The van der Waals surface area contributed by atoms with E-state index in [1.807, 2.05) is 4.68 Å². The Morgan fingerprint density at radius 2 is 1.92 bits per heavy atom. The molecule has 2 unspecified atom stereocenters. The van der Waals surface area contributed by atoms with Crippen molar-refractivity contribution >= 4 is 28.6 Å². The van der Waals surface area contributed by atoms with Crippen molar-refractivity contribution in [3.8, 4) is 11.3 Å². The monoisotopic (exact) mass is 523 g/mol. The maximum absolute atomic E-state index is 13.0. The number of aromatic nitrogens is 5. The van der Waals surface area contributed by atoms with Crippen molar-refractivity contribution in [3.05, 3.63) is 60.0 Å². The summed E-state index contributed by atoms with van der Waals surface area (Å²) in [6, 6.07) is 8.71. The number of halogens is 3. The predicted molar refractivity (Wildman–Crippen MR) is 134 cm³/mol. The van der Waals surface area contributed by atoms with Gasteiger partial charge in [0.2, 0.25) is 0 Å². The van der Waals surface area contributed by atoms with E-state index in [1.165, 1.54) is 6.33 Å². The molecule has 0 spiro atoms. The minimum atomic E-state index is -4.54. The molecular formula is C25H24F3N9O. The molecule has 13 heteroatoms. The number of nitrogen functional groups attached to an aromatic ring is 1. The van der Waals surface area contributed by atoms with E-state index in [0.29, 0.717) is 40.1 Å². The van der Waals surface area contributed by atoms with Crippen LogP contribution in [0, 0.1) is 5.92 Å². The first-order valence-electron chi connectivity index (χ1n) is 12.2. The highest BCUT2D eigenvalue weighted by Gasteiger charge is 2.39. The number of rotatable bonds is 4. The van der Waals surface area contributed by atoms with Gasteiger partial charge >= 0.3 is 6.18 Å². The van der Waals surface area contributed by atoms with E-state index >= 15 is 0 Å². The fraction of sp³-hybridized carbons (Fsp3) is 0.320. The number of carbonyl (C=O) groups is 1. The van der Waals surface area contributed by atoms with E-state index in [4.69, 9.17) is 10.8 Å². The number of carbonyl (C=O) groups excluding carboxylic acids is 1. The third-order valence-corrected chi connectivity index (χ3v) is 7.23. The molecule has 196 valence electrons. The summed E-state index contributed by atoms with van der Waals surface area (Å²) in [5, 5.41) is 7.99. The number of fused-ring (bicyclic) bond motifs is 2. The predicted octanol–water partition coefficient (Wildman–Crippen LogP) is 3.56. The van der Waals surface area contributed by atoms with E-state index in [-0.39, 0.29) is 17.4 Å². The first kappa shape index (κ1) is 24.2. The number of amides is 1. The van der Waals surface area contributed by atoms with E-state index in [1.54, 1.807) is 24.3 Å². The highest BCUT2D eigenvalue weighted by atomic mass is 19.4. The van der Waals surface area contributed by atoms with Crippen LogP contribution < -0.4 is 21.9 Å². The van der Waals surface area contributed by atoms with Gasteiger partial charge in [-0.3, -0.25) is 15.6 Å². The summed E-state index contributed by atoms with van der Waals surface area (Å²) in [6.07, 6.45) is 1.01. The highest BCUT2D eigenvalue weighted by Crippen LogP contribution is 2.39. The molecule has 3 aromatic heterocycles. The molecular weight excluding hydrogens is 499 g/mol. The van der Waals surface area contributed by atoms with Crippen LogP contribution in [-0.4, -0.2) is 43.2 Å². The molecule has 1 amide bonds. The summed E-state index contributed by atoms with van der Waals surface area (Å²) in [5.41, 5.74) is 14.2. The van der Waals surface area contributed by atoms with Gasteiger partial charge in [-0.05, 0) is 43.5 Å². The standard InChI is InChI=1S/C25H24F3N9O/c26-25(27,28)15-8-9-30-19(10-15)34-24(38)14-6-4-13(5-7-14)21-20-22(29)31-12-32-23(20)37(36-21)18-3-1-2-17-16(18)11-33-35-17/h4-10,12,16-18,33,35H,1-3,11H2,(H2,29,31,32)(H,30,34,38)/t16?,17?,18-/m0/s1. The third-order valence-electron chi connectivity index (χ3n) is 7.23. The number of hydrogen-bond acceptors (Lipinski definition) is 8. The first-order valence-corrected chi connectivity index (χ1v) is 12.2. The van der Waals surface area contributed by atoms with Gasteiger partial charge in [-0.2, -0.15) is 18.3 Å². The Kier molecular flexibility index (Phi) is 5.95. The Bertz CT molecular complexity index is 1500. The molecule has 6 rings (SSSR count). The number of nitrogens with one attached hydrogen (secondary N) is 3. The molecule has 0 bridgehead atoms. The summed E-state index contributed by atoms with van der Waals surface area (Å²) in [6.45, 7) is 0.830. The summed E-state index contributed by atoms with van der Waals surface area (Å²) in [4.78, 5) is 25.2. The van der Waals surface area contributed by atoms with Crippen molar-refractivity contribution in [1.29, 1.82) is 0 Å². The van der Waals surface area contributed by atoms with Gasteiger partial charge in [-0.15, -0.1) is 0 Å². The maximum atomic E-state index is 13.0. The van der Waals surface area contributed by atoms with Crippen molar-refractivity contribution in [3.63, 3.8) is 0 Å². The van der Waals surface area contributed by atoms with Gasteiger partial charge in [0.05, 0.1) is 17.0 Å². The van der Waals surface area contributed by atoms with Crippen LogP contribution in [0.5, 0.6) is 0 Å². The number of pyridine rings is 1. The Morgan fingerprint density at radius 3 is 2.71 bits per heavy atom. The second-order valence-electron chi connectivity index (χ2n) is 9.50. The van der Waals surface area contributed by atoms with Gasteiger partial charge in [0, 0.05) is 35.8 Å². The van der Waals surface area contributed by atoms with Crippen LogP contribution in [0.4, 0.5) is 24.8 Å². The number of hydrogen-bond donors (Lipinski definition) is 4. The number of nitrogens with two attached hydrogens (primary N) is 1. The number of benzene rings is 1. The van der Waals surface area contributed by atoms with Crippen molar-refractivity contribution in [1.82, 2.24) is 35.6 Å². The third kappa shape index (κ3) is 4.33. The van der Waals surface area contributed by atoms with Gasteiger partial charge in [-0.25, -0.2) is 19.6 Å². The summed E-state index contributed by atoms with van der Waals surface area (Å²) >= 11 is 0. The van der Waals surface area contributed by atoms with Gasteiger partial charge in [-0.1, -0.05) is 12.1 Å². The molecule has 5 N–H and O–H groups in total. The Labute approximate surface area is 214 Å². The molecule has 1 aromatic carbocycles. The average molecular weight is 524 g/mol. The van der Waals surface area contributed by atoms with Crippen LogP contribution in [0.1, 0.15) is 41.2 Å². The largest absolute Gasteiger partial charge is 0.416 e. The molecule has 1 aliphatic heterocycles. The van der Waals surface area contributed by atoms with Crippen LogP contribution in [-0.2, 0) is 6.18 Å². The molecule has 2 aliphatic rings. The smallest absolute Gasteiger partial charge is 0.383 e. The van der Waals surface area contributed by atoms with Crippen LogP contribution in [0.3, 0.4) is 0 Å². The van der Waals surface area contributed by atoms with Crippen LogP contribution in [0.15, 0.2) is 48.9 Å². The second kappa shape index (κ2) is 9.33.